The Labute approximate surface area is 116 Å². The van der Waals surface area contributed by atoms with E-state index in [1.54, 1.807) is 22.9 Å². The van der Waals surface area contributed by atoms with Crippen molar-refractivity contribution in [3.05, 3.63) is 51.3 Å². The highest BCUT2D eigenvalue weighted by atomic mass is 35.5. The Morgan fingerprint density at radius 2 is 2.11 bits per heavy atom. The van der Waals surface area contributed by atoms with Gasteiger partial charge in [-0.2, -0.15) is 5.10 Å². The summed E-state index contributed by atoms with van der Waals surface area (Å²) in [6.07, 6.45) is -0.822. The summed E-state index contributed by atoms with van der Waals surface area (Å²) >= 11 is 12.1. The van der Waals surface area contributed by atoms with E-state index in [-0.39, 0.29) is 0 Å². The number of aliphatic hydroxyl groups excluding tert-OH is 1. The number of hydrogen-bond acceptors (Lipinski definition) is 2. The molecule has 0 aliphatic rings. The maximum absolute atomic E-state index is 10.4. The fourth-order valence-corrected chi connectivity index (χ4v) is 2.34. The molecule has 0 aliphatic heterocycles. The minimum atomic E-state index is -0.822. The second-order valence-electron chi connectivity index (χ2n) is 4.07. The van der Waals surface area contributed by atoms with Gasteiger partial charge in [0.2, 0.25) is 0 Å². The Morgan fingerprint density at radius 1 is 1.39 bits per heavy atom. The maximum atomic E-state index is 10.4. The van der Waals surface area contributed by atoms with E-state index < -0.39 is 6.10 Å². The molecule has 0 bridgehead atoms. The zero-order chi connectivity index (χ0) is 13.3. The minimum absolute atomic E-state index is 0.383. The second-order valence-corrected chi connectivity index (χ2v) is 4.86. The van der Waals surface area contributed by atoms with E-state index in [0.717, 1.165) is 11.4 Å². The molecular weight excluding hydrogens is 271 g/mol. The maximum Gasteiger partial charge on any atom is 0.122 e. The molecule has 1 aromatic carbocycles. The first kappa shape index (κ1) is 13.4. The number of nitrogens with zero attached hydrogens (tertiary/aromatic N) is 2. The average Bonchev–Trinajstić information content (AvgIpc) is 2.73. The molecule has 96 valence electrons. The quantitative estimate of drug-likeness (QED) is 0.935. The molecule has 1 heterocycles. The summed E-state index contributed by atoms with van der Waals surface area (Å²) in [6.45, 7) is 4.56. The zero-order valence-electron chi connectivity index (χ0n) is 10.2. The van der Waals surface area contributed by atoms with Crippen molar-refractivity contribution in [1.82, 2.24) is 9.78 Å². The second kappa shape index (κ2) is 5.31. The summed E-state index contributed by atoms with van der Waals surface area (Å²) in [5.41, 5.74) is 2.18. The van der Waals surface area contributed by atoms with Crippen molar-refractivity contribution in [2.24, 2.45) is 0 Å². The summed E-state index contributed by atoms with van der Waals surface area (Å²) in [5.74, 6) is 0. The summed E-state index contributed by atoms with van der Waals surface area (Å²) in [5, 5.41) is 15.5. The molecule has 0 radical (unpaired) electrons. The first-order valence-electron chi connectivity index (χ1n) is 5.71. The lowest BCUT2D eigenvalue weighted by atomic mass is 10.1. The number of halogens is 2. The van der Waals surface area contributed by atoms with Gasteiger partial charge in [-0.25, -0.2) is 0 Å². The van der Waals surface area contributed by atoms with Crippen LogP contribution < -0.4 is 0 Å². The summed E-state index contributed by atoms with van der Waals surface area (Å²) in [7, 11) is 0. The summed E-state index contributed by atoms with van der Waals surface area (Å²) in [6, 6.07) is 7.08. The van der Waals surface area contributed by atoms with Crippen molar-refractivity contribution in [1.29, 1.82) is 0 Å². The number of aliphatic hydroxyl groups is 1. The Balaban J connectivity index is 2.47. The third-order valence-corrected chi connectivity index (χ3v) is 3.62. The van der Waals surface area contributed by atoms with Crippen molar-refractivity contribution in [2.75, 3.05) is 0 Å². The van der Waals surface area contributed by atoms with Gasteiger partial charge in [-0.05, 0) is 26.0 Å². The molecule has 1 aromatic heterocycles. The van der Waals surface area contributed by atoms with Crippen LogP contribution >= 0.6 is 23.2 Å². The van der Waals surface area contributed by atoms with Crippen LogP contribution in [0.15, 0.2) is 24.3 Å². The highest BCUT2D eigenvalue weighted by Crippen LogP contribution is 2.33. The van der Waals surface area contributed by atoms with Crippen LogP contribution in [-0.2, 0) is 6.54 Å². The van der Waals surface area contributed by atoms with E-state index in [9.17, 15) is 5.11 Å². The van der Waals surface area contributed by atoms with Crippen LogP contribution in [0.1, 0.15) is 30.0 Å². The Kier molecular flexibility index (Phi) is 3.95. The molecule has 0 spiro atoms. The highest BCUT2D eigenvalue weighted by molar-refractivity contribution is 6.42. The van der Waals surface area contributed by atoms with Crippen LogP contribution in [0, 0.1) is 6.92 Å². The molecular formula is C13H14Cl2N2O. The van der Waals surface area contributed by atoms with Gasteiger partial charge in [0, 0.05) is 12.1 Å². The van der Waals surface area contributed by atoms with Gasteiger partial charge in [0.1, 0.15) is 6.10 Å². The normalized spacial score (nSPS) is 12.7. The van der Waals surface area contributed by atoms with Gasteiger partial charge in [-0.15, -0.1) is 0 Å². The number of rotatable bonds is 3. The molecule has 18 heavy (non-hydrogen) atoms. The van der Waals surface area contributed by atoms with E-state index in [1.807, 2.05) is 19.9 Å². The molecule has 0 saturated heterocycles. The van der Waals surface area contributed by atoms with E-state index in [1.165, 1.54) is 0 Å². The third-order valence-electron chi connectivity index (χ3n) is 2.79. The molecule has 1 N–H and O–H groups in total. The Bertz CT molecular complexity index is 566. The van der Waals surface area contributed by atoms with Gasteiger partial charge in [-0.1, -0.05) is 35.3 Å². The molecule has 3 nitrogen and oxygen atoms in total. The molecule has 0 fully saturated rings. The average molecular weight is 285 g/mol. The van der Waals surface area contributed by atoms with Crippen molar-refractivity contribution in [3.63, 3.8) is 0 Å². The van der Waals surface area contributed by atoms with Crippen molar-refractivity contribution < 1.29 is 5.11 Å². The van der Waals surface area contributed by atoms with Gasteiger partial charge in [0.25, 0.3) is 0 Å². The number of benzene rings is 1. The van der Waals surface area contributed by atoms with Crippen LogP contribution in [0.5, 0.6) is 0 Å². The monoisotopic (exact) mass is 284 g/mol. The zero-order valence-corrected chi connectivity index (χ0v) is 11.7. The van der Waals surface area contributed by atoms with Gasteiger partial charge in [0.05, 0.1) is 21.4 Å². The van der Waals surface area contributed by atoms with E-state index in [4.69, 9.17) is 23.2 Å². The predicted molar refractivity (Wildman–Crippen MR) is 73.2 cm³/mol. The van der Waals surface area contributed by atoms with Crippen LogP contribution in [0.2, 0.25) is 10.0 Å². The topological polar surface area (TPSA) is 38.0 Å². The van der Waals surface area contributed by atoms with Crippen molar-refractivity contribution in [2.45, 2.75) is 26.5 Å². The largest absolute Gasteiger partial charge is 0.382 e. The van der Waals surface area contributed by atoms with E-state index in [0.29, 0.717) is 22.2 Å². The lowest BCUT2D eigenvalue weighted by molar-refractivity contribution is 0.208. The highest BCUT2D eigenvalue weighted by Gasteiger charge is 2.19. The fraction of sp³-hybridized carbons (Fsp3) is 0.308. The predicted octanol–water partition coefficient (Wildman–Crippen LogP) is 3.60. The standard InChI is InChI=1S/C13H14Cl2N2O/c1-3-17-11(7-8(2)16-17)13(18)9-5-4-6-10(14)12(9)15/h4-7,13,18H,3H2,1-2H3. The van der Waals surface area contributed by atoms with Crippen molar-refractivity contribution in [3.8, 4) is 0 Å². The molecule has 5 heteroatoms. The van der Waals surface area contributed by atoms with Crippen molar-refractivity contribution >= 4 is 23.2 Å². The molecule has 0 saturated carbocycles. The van der Waals surface area contributed by atoms with Gasteiger partial charge in [-0.3, -0.25) is 4.68 Å². The summed E-state index contributed by atoms with van der Waals surface area (Å²) in [4.78, 5) is 0. The van der Waals surface area contributed by atoms with Crippen LogP contribution in [0.25, 0.3) is 0 Å². The number of aryl methyl sites for hydroxylation is 2. The smallest absolute Gasteiger partial charge is 0.122 e. The Morgan fingerprint density at radius 3 is 2.78 bits per heavy atom. The number of hydrogen-bond donors (Lipinski definition) is 1. The minimum Gasteiger partial charge on any atom is -0.382 e. The molecule has 1 unspecified atom stereocenters. The lowest BCUT2D eigenvalue weighted by Crippen LogP contribution is -2.09. The van der Waals surface area contributed by atoms with Gasteiger partial charge in [0.15, 0.2) is 0 Å². The summed E-state index contributed by atoms with van der Waals surface area (Å²) < 4.78 is 1.76. The van der Waals surface area contributed by atoms with Crippen LogP contribution in [0.4, 0.5) is 0 Å². The molecule has 1 atom stereocenters. The third kappa shape index (κ3) is 2.39. The molecule has 2 aromatic rings. The van der Waals surface area contributed by atoms with Crippen LogP contribution in [0.3, 0.4) is 0 Å². The van der Waals surface area contributed by atoms with Gasteiger partial charge >= 0.3 is 0 Å². The molecule has 0 amide bonds. The lowest BCUT2D eigenvalue weighted by Gasteiger charge is -2.14. The van der Waals surface area contributed by atoms with Crippen LogP contribution in [-0.4, -0.2) is 14.9 Å². The number of aromatic nitrogens is 2. The molecule has 2 rings (SSSR count). The van der Waals surface area contributed by atoms with E-state index in [2.05, 4.69) is 5.10 Å². The first-order valence-corrected chi connectivity index (χ1v) is 6.46. The SMILES string of the molecule is CCn1nc(C)cc1C(O)c1cccc(Cl)c1Cl. The van der Waals surface area contributed by atoms with E-state index >= 15 is 0 Å². The fourth-order valence-electron chi connectivity index (χ4n) is 1.93. The first-order chi connectivity index (χ1) is 8.54. The Hall–Kier alpha value is -1.03. The molecule has 0 aliphatic carbocycles. The van der Waals surface area contributed by atoms with Gasteiger partial charge < -0.3 is 5.11 Å².